The number of aryl methyl sites for hydroxylation is 1. The standard InChI is InChI=1S/C19H20F4N4O2.ClH/c1-26-9-17(25-10-26)29-18(28)27(8-14-12-5-24-6-13(12)14)7-11-2-3-16(20)15(4-11)19(21,22)23;/h2-4,9-10,12-14,24H,5-8H2,1H3;1H. The molecule has 164 valence electrons. The molecule has 2 unspecified atom stereocenters. The van der Waals surface area contributed by atoms with Crippen LogP contribution < -0.4 is 10.1 Å². The SMILES string of the molecule is Cl.Cn1cnc(OC(=O)N(Cc2ccc(F)c(C(F)(F)F)c2)CC2C3CNCC32)c1. The molecule has 1 amide bonds. The fourth-order valence-corrected chi connectivity index (χ4v) is 3.98. The Morgan fingerprint density at radius 1 is 1.33 bits per heavy atom. The van der Waals surface area contributed by atoms with Gasteiger partial charge in [0.15, 0.2) is 0 Å². The van der Waals surface area contributed by atoms with Crippen molar-refractivity contribution in [1.82, 2.24) is 19.8 Å². The van der Waals surface area contributed by atoms with Crippen LogP contribution in [0.5, 0.6) is 5.88 Å². The van der Waals surface area contributed by atoms with Crippen molar-refractivity contribution in [3.05, 3.63) is 47.7 Å². The van der Waals surface area contributed by atoms with Crippen molar-refractivity contribution in [1.29, 1.82) is 0 Å². The van der Waals surface area contributed by atoms with Crippen LogP contribution >= 0.6 is 12.4 Å². The summed E-state index contributed by atoms with van der Waals surface area (Å²) >= 11 is 0. The van der Waals surface area contributed by atoms with Crippen molar-refractivity contribution in [3.8, 4) is 5.88 Å². The van der Waals surface area contributed by atoms with Gasteiger partial charge in [-0.15, -0.1) is 12.4 Å². The number of piperidine rings is 1. The van der Waals surface area contributed by atoms with E-state index in [4.69, 9.17) is 4.74 Å². The molecule has 1 aliphatic heterocycles. The molecule has 1 aromatic carbocycles. The molecule has 30 heavy (non-hydrogen) atoms. The van der Waals surface area contributed by atoms with Gasteiger partial charge in [-0.1, -0.05) is 6.07 Å². The van der Waals surface area contributed by atoms with Crippen molar-refractivity contribution in [2.45, 2.75) is 12.7 Å². The molecule has 1 aromatic heterocycles. The van der Waals surface area contributed by atoms with Crippen molar-refractivity contribution < 1.29 is 27.1 Å². The van der Waals surface area contributed by atoms with E-state index < -0.39 is 23.7 Å². The summed E-state index contributed by atoms with van der Waals surface area (Å²) in [7, 11) is 1.72. The molecule has 0 radical (unpaired) electrons. The second kappa shape index (κ2) is 8.43. The van der Waals surface area contributed by atoms with Gasteiger partial charge < -0.3 is 19.5 Å². The van der Waals surface area contributed by atoms with Gasteiger partial charge in [0.1, 0.15) is 5.82 Å². The number of aromatic nitrogens is 2. The second-order valence-electron chi connectivity index (χ2n) is 7.59. The number of nitrogens with zero attached hydrogens (tertiary/aromatic N) is 3. The molecule has 6 nitrogen and oxygen atoms in total. The third-order valence-electron chi connectivity index (χ3n) is 5.54. The predicted octanol–water partition coefficient (Wildman–Crippen LogP) is 3.47. The highest BCUT2D eigenvalue weighted by Crippen LogP contribution is 2.49. The summed E-state index contributed by atoms with van der Waals surface area (Å²) in [5.41, 5.74) is -1.17. The summed E-state index contributed by atoms with van der Waals surface area (Å²) in [6.07, 6.45) is -2.51. The van der Waals surface area contributed by atoms with Crippen molar-refractivity contribution >= 4 is 18.5 Å². The van der Waals surface area contributed by atoms with Crippen molar-refractivity contribution in [3.63, 3.8) is 0 Å². The second-order valence-corrected chi connectivity index (χ2v) is 7.59. The van der Waals surface area contributed by atoms with Gasteiger partial charge in [0.05, 0.1) is 18.1 Å². The molecule has 1 saturated carbocycles. The van der Waals surface area contributed by atoms with Crippen LogP contribution in [0.15, 0.2) is 30.7 Å². The summed E-state index contributed by atoms with van der Waals surface area (Å²) in [4.78, 5) is 18.0. The number of hydrogen-bond acceptors (Lipinski definition) is 4. The van der Waals surface area contributed by atoms with E-state index in [1.165, 1.54) is 23.5 Å². The molecule has 2 fully saturated rings. The van der Waals surface area contributed by atoms with Gasteiger partial charge in [-0.2, -0.15) is 13.2 Å². The van der Waals surface area contributed by atoms with E-state index in [-0.39, 0.29) is 36.3 Å². The number of carbonyl (C=O) groups excluding carboxylic acids is 1. The number of fused-ring (bicyclic) bond motifs is 1. The monoisotopic (exact) mass is 448 g/mol. The highest BCUT2D eigenvalue weighted by Gasteiger charge is 2.53. The van der Waals surface area contributed by atoms with E-state index >= 15 is 0 Å². The molecule has 1 saturated heterocycles. The number of carbonyl (C=O) groups is 1. The summed E-state index contributed by atoms with van der Waals surface area (Å²) in [5, 5.41) is 3.26. The third-order valence-corrected chi connectivity index (χ3v) is 5.54. The van der Waals surface area contributed by atoms with Crippen LogP contribution in [0.1, 0.15) is 11.1 Å². The fraction of sp³-hybridized carbons (Fsp3) is 0.474. The quantitative estimate of drug-likeness (QED) is 0.712. The van der Waals surface area contributed by atoms with Crippen LogP contribution in [-0.4, -0.2) is 40.2 Å². The Morgan fingerprint density at radius 2 is 2.03 bits per heavy atom. The van der Waals surface area contributed by atoms with Gasteiger partial charge in [0.25, 0.3) is 0 Å². The summed E-state index contributed by atoms with van der Waals surface area (Å²) in [5.74, 6) is -0.0461. The first-order valence-electron chi connectivity index (χ1n) is 9.23. The van der Waals surface area contributed by atoms with Crippen LogP contribution in [0, 0.1) is 23.6 Å². The van der Waals surface area contributed by atoms with E-state index in [0.29, 0.717) is 18.4 Å². The molecular formula is C19H21ClF4N4O2. The molecule has 2 heterocycles. The Labute approximate surface area is 176 Å². The highest BCUT2D eigenvalue weighted by atomic mass is 35.5. The third kappa shape index (κ3) is 4.70. The van der Waals surface area contributed by atoms with Gasteiger partial charge in [0, 0.05) is 20.1 Å². The number of nitrogens with one attached hydrogen (secondary N) is 1. The zero-order chi connectivity index (χ0) is 20.8. The lowest BCUT2D eigenvalue weighted by Crippen LogP contribution is -2.36. The lowest BCUT2D eigenvalue weighted by Gasteiger charge is -2.23. The van der Waals surface area contributed by atoms with Gasteiger partial charge >= 0.3 is 12.3 Å². The van der Waals surface area contributed by atoms with Gasteiger partial charge in [-0.25, -0.2) is 14.2 Å². The number of imidazole rings is 1. The zero-order valence-electron chi connectivity index (χ0n) is 16.0. The molecule has 2 atom stereocenters. The lowest BCUT2D eigenvalue weighted by atomic mass is 10.1. The molecule has 1 N–H and O–H groups in total. The number of halogens is 5. The Morgan fingerprint density at radius 3 is 2.63 bits per heavy atom. The molecular weight excluding hydrogens is 428 g/mol. The van der Waals surface area contributed by atoms with Gasteiger partial charge in [0.2, 0.25) is 5.88 Å². The van der Waals surface area contributed by atoms with Crippen LogP contribution in [0.25, 0.3) is 0 Å². The van der Waals surface area contributed by atoms with E-state index in [9.17, 15) is 22.4 Å². The largest absolute Gasteiger partial charge is 0.419 e. The van der Waals surface area contributed by atoms with Gasteiger partial charge in [-0.05, 0) is 48.5 Å². The minimum atomic E-state index is -4.81. The van der Waals surface area contributed by atoms with E-state index in [2.05, 4.69) is 10.3 Å². The minimum Gasteiger partial charge on any atom is -0.389 e. The summed E-state index contributed by atoms with van der Waals surface area (Å²) < 4.78 is 59.6. The van der Waals surface area contributed by atoms with Crippen LogP contribution in [0.2, 0.25) is 0 Å². The first kappa shape index (κ1) is 22.4. The van der Waals surface area contributed by atoms with Crippen molar-refractivity contribution in [2.75, 3.05) is 19.6 Å². The molecule has 0 spiro atoms. The molecule has 0 bridgehead atoms. The maximum atomic E-state index is 13.6. The number of benzene rings is 1. The molecule has 2 aromatic rings. The molecule has 1 aliphatic carbocycles. The van der Waals surface area contributed by atoms with E-state index in [1.54, 1.807) is 11.6 Å². The topological polar surface area (TPSA) is 59.4 Å². The number of alkyl halides is 3. The first-order chi connectivity index (χ1) is 13.7. The maximum Gasteiger partial charge on any atom is 0.419 e. The normalized spacial score (nSPS) is 22.2. The number of ether oxygens (including phenoxy) is 1. The Hall–Kier alpha value is -2.33. The number of hydrogen-bond donors (Lipinski definition) is 1. The fourth-order valence-electron chi connectivity index (χ4n) is 3.98. The molecule has 4 rings (SSSR count). The highest BCUT2D eigenvalue weighted by molar-refractivity contribution is 5.85. The van der Waals surface area contributed by atoms with Crippen LogP contribution in [0.4, 0.5) is 22.4 Å². The van der Waals surface area contributed by atoms with E-state index in [0.717, 1.165) is 25.2 Å². The molecule has 11 heteroatoms. The van der Waals surface area contributed by atoms with Crippen molar-refractivity contribution in [2.24, 2.45) is 24.8 Å². The van der Waals surface area contributed by atoms with Crippen LogP contribution in [0.3, 0.4) is 0 Å². The lowest BCUT2D eigenvalue weighted by molar-refractivity contribution is -0.140. The van der Waals surface area contributed by atoms with Gasteiger partial charge in [-0.3, -0.25) is 0 Å². The summed E-state index contributed by atoms with van der Waals surface area (Å²) in [6, 6.07) is 2.77. The average molecular weight is 449 g/mol. The predicted molar refractivity (Wildman–Crippen MR) is 102 cm³/mol. The number of rotatable bonds is 5. The van der Waals surface area contributed by atoms with E-state index in [1.807, 2.05) is 0 Å². The molecule has 2 aliphatic rings. The van der Waals surface area contributed by atoms with Crippen LogP contribution in [-0.2, 0) is 19.8 Å². The minimum absolute atomic E-state index is 0. The average Bonchev–Trinajstić information content (AvgIpc) is 3.00. The Bertz CT molecular complexity index is 910. The number of amides is 1. The maximum absolute atomic E-state index is 13.6. The summed E-state index contributed by atoms with van der Waals surface area (Å²) in [6.45, 7) is 1.99. The Kier molecular flexibility index (Phi) is 6.28. The smallest absolute Gasteiger partial charge is 0.389 e. The zero-order valence-corrected chi connectivity index (χ0v) is 16.8. The first-order valence-corrected chi connectivity index (χ1v) is 9.23. The Balaban J connectivity index is 0.00000256.